The third kappa shape index (κ3) is 3.09. The van der Waals surface area contributed by atoms with Crippen molar-refractivity contribution in [3.8, 4) is 22.4 Å². The molecule has 0 aliphatic rings. The molecule has 8 aromatic rings. The summed E-state index contributed by atoms with van der Waals surface area (Å²) in [5, 5.41) is 6.94. The number of para-hydroxylation sites is 1. The molecule has 38 heavy (non-hydrogen) atoms. The van der Waals surface area contributed by atoms with Crippen LogP contribution in [0.3, 0.4) is 0 Å². The summed E-state index contributed by atoms with van der Waals surface area (Å²) in [6, 6.07) is 40.2. The maximum atomic E-state index is 6.04. The van der Waals surface area contributed by atoms with E-state index in [-0.39, 0.29) is 0 Å². The van der Waals surface area contributed by atoms with Crippen molar-refractivity contribution < 1.29 is 4.42 Å². The monoisotopic (exact) mass is 486 g/mol. The van der Waals surface area contributed by atoms with Crippen molar-refractivity contribution in [2.75, 3.05) is 0 Å². The van der Waals surface area contributed by atoms with Crippen molar-refractivity contribution in [1.82, 2.24) is 9.97 Å². The molecule has 3 heteroatoms. The number of furan rings is 1. The zero-order valence-electron chi connectivity index (χ0n) is 20.8. The van der Waals surface area contributed by atoms with Crippen molar-refractivity contribution in [1.29, 1.82) is 0 Å². The van der Waals surface area contributed by atoms with E-state index in [1.807, 2.05) is 12.1 Å². The van der Waals surface area contributed by atoms with Crippen molar-refractivity contribution in [3.05, 3.63) is 121 Å². The van der Waals surface area contributed by atoms with Crippen LogP contribution in [0.1, 0.15) is 5.69 Å². The van der Waals surface area contributed by atoms with Crippen molar-refractivity contribution in [2.45, 2.75) is 6.92 Å². The Labute approximate surface area is 219 Å². The van der Waals surface area contributed by atoms with E-state index in [1.54, 1.807) is 0 Å². The fraction of sp³-hybridized carbons (Fsp3) is 0.0286. The topological polar surface area (TPSA) is 38.9 Å². The first-order valence-corrected chi connectivity index (χ1v) is 12.8. The van der Waals surface area contributed by atoms with Gasteiger partial charge in [0, 0.05) is 27.1 Å². The predicted molar refractivity (Wildman–Crippen MR) is 157 cm³/mol. The molecule has 0 saturated carbocycles. The highest BCUT2D eigenvalue weighted by molar-refractivity contribution is 6.23. The fourth-order valence-corrected chi connectivity index (χ4v) is 5.77. The normalized spacial score (nSPS) is 11.8. The smallest absolute Gasteiger partial charge is 0.135 e. The van der Waals surface area contributed by atoms with E-state index in [0.29, 0.717) is 0 Å². The number of hydrogen-bond acceptors (Lipinski definition) is 3. The van der Waals surface area contributed by atoms with E-state index >= 15 is 0 Å². The molecule has 0 amide bonds. The standard InChI is InChI=1S/C35H22N2O/c1-21-33(37-35-29-15-5-3-12-26(29)25-11-2-4-14-28(25)34(35)36-21)24-10-8-9-22(19-24)23-17-18-32-30(20-23)27-13-6-7-16-31(27)38-32/h2-20H,1H3. The fourth-order valence-electron chi connectivity index (χ4n) is 5.77. The van der Waals surface area contributed by atoms with E-state index in [0.717, 1.165) is 71.8 Å². The van der Waals surface area contributed by atoms with Crippen LogP contribution in [0.2, 0.25) is 0 Å². The molecule has 2 heterocycles. The highest BCUT2D eigenvalue weighted by Gasteiger charge is 2.15. The van der Waals surface area contributed by atoms with Crippen LogP contribution < -0.4 is 0 Å². The van der Waals surface area contributed by atoms with Crippen LogP contribution in [0.25, 0.3) is 76.9 Å². The number of benzene rings is 6. The third-order valence-corrected chi connectivity index (χ3v) is 7.57. The van der Waals surface area contributed by atoms with Gasteiger partial charge in [0.25, 0.3) is 0 Å². The summed E-state index contributed by atoms with van der Waals surface area (Å²) in [5.41, 5.74) is 8.89. The number of nitrogens with zero attached hydrogens (tertiary/aromatic N) is 2. The molecule has 2 aromatic heterocycles. The minimum Gasteiger partial charge on any atom is -0.456 e. The summed E-state index contributed by atoms with van der Waals surface area (Å²) < 4.78 is 6.04. The molecule has 0 fully saturated rings. The summed E-state index contributed by atoms with van der Waals surface area (Å²) in [6.07, 6.45) is 0. The second-order valence-electron chi connectivity index (χ2n) is 9.84. The number of aromatic nitrogens is 2. The van der Waals surface area contributed by atoms with Gasteiger partial charge in [-0.1, -0.05) is 91.0 Å². The Morgan fingerprint density at radius 1 is 0.447 bits per heavy atom. The van der Waals surface area contributed by atoms with Crippen molar-refractivity contribution in [3.63, 3.8) is 0 Å². The van der Waals surface area contributed by atoms with Gasteiger partial charge in [0.15, 0.2) is 0 Å². The second kappa shape index (κ2) is 7.99. The van der Waals surface area contributed by atoms with Gasteiger partial charge in [0.05, 0.1) is 22.4 Å². The Morgan fingerprint density at radius 2 is 1.03 bits per heavy atom. The molecule has 0 aliphatic carbocycles. The minimum absolute atomic E-state index is 0.904. The van der Waals surface area contributed by atoms with Gasteiger partial charge >= 0.3 is 0 Å². The Kier molecular flexibility index (Phi) is 4.44. The number of fused-ring (bicyclic) bond motifs is 9. The first-order chi connectivity index (χ1) is 18.7. The van der Waals surface area contributed by atoms with E-state index in [4.69, 9.17) is 14.4 Å². The molecule has 178 valence electrons. The molecule has 3 nitrogen and oxygen atoms in total. The summed E-state index contributed by atoms with van der Waals surface area (Å²) >= 11 is 0. The van der Waals surface area contributed by atoms with E-state index in [1.165, 1.54) is 10.8 Å². The number of hydrogen-bond donors (Lipinski definition) is 0. The lowest BCUT2D eigenvalue weighted by Crippen LogP contribution is -1.97. The quantitative estimate of drug-likeness (QED) is 0.228. The Bertz CT molecular complexity index is 2210. The Morgan fingerprint density at radius 3 is 1.79 bits per heavy atom. The van der Waals surface area contributed by atoms with Crippen molar-refractivity contribution in [2.24, 2.45) is 0 Å². The highest BCUT2D eigenvalue weighted by Crippen LogP contribution is 2.37. The van der Waals surface area contributed by atoms with Crippen LogP contribution in [-0.2, 0) is 0 Å². The Hall–Kier alpha value is -5.02. The summed E-state index contributed by atoms with van der Waals surface area (Å²) in [5.74, 6) is 0. The van der Waals surface area contributed by atoms with Crippen LogP contribution in [0, 0.1) is 6.92 Å². The minimum atomic E-state index is 0.904. The molecular weight excluding hydrogens is 464 g/mol. The maximum absolute atomic E-state index is 6.04. The zero-order chi connectivity index (χ0) is 25.2. The number of aryl methyl sites for hydroxylation is 1. The van der Waals surface area contributed by atoms with Gasteiger partial charge in [-0.05, 0) is 53.1 Å². The zero-order valence-corrected chi connectivity index (χ0v) is 20.8. The van der Waals surface area contributed by atoms with Gasteiger partial charge in [0.1, 0.15) is 11.2 Å². The number of rotatable bonds is 2. The first-order valence-electron chi connectivity index (χ1n) is 12.8. The lowest BCUT2D eigenvalue weighted by molar-refractivity contribution is 0.669. The molecule has 0 spiro atoms. The average molecular weight is 487 g/mol. The molecule has 8 rings (SSSR count). The van der Waals surface area contributed by atoms with Gasteiger partial charge in [-0.25, -0.2) is 9.97 Å². The first kappa shape index (κ1) is 21.1. The van der Waals surface area contributed by atoms with Gasteiger partial charge in [-0.2, -0.15) is 0 Å². The van der Waals surface area contributed by atoms with Gasteiger partial charge in [-0.3, -0.25) is 0 Å². The summed E-state index contributed by atoms with van der Waals surface area (Å²) in [4.78, 5) is 10.4. The molecule has 0 unspecified atom stereocenters. The van der Waals surface area contributed by atoms with Crippen molar-refractivity contribution >= 4 is 54.5 Å². The summed E-state index contributed by atoms with van der Waals surface area (Å²) in [6.45, 7) is 2.06. The van der Waals surface area contributed by atoms with E-state index in [2.05, 4.69) is 110 Å². The van der Waals surface area contributed by atoms with Gasteiger partial charge in [0.2, 0.25) is 0 Å². The average Bonchev–Trinajstić information content (AvgIpc) is 3.35. The Balaban J connectivity index is 1.33. The second-order valence-corrected chi connectivity index (χ2v) is 9.84. The van der Waals surface area contributed by atoms with Crippen LogP contribution in [0.4, 0.5) is 0 Å². The van der Waals surface area contributed by atoms with Crippen LogP contribution >= 0.6 is 0 Å². The van der Waals surface area contributed by atoms with Gasteiger partial charge in [-0.15, -0.1) is 0 Å². The molecule has 0 N–H and O–H groups in total. The molecule has 0 atom stereocenters. The molecule has 0 bridgehead atoms. The molecule has 6 aromatic carbocycles. The molecule has 0 aliphatic heterocycles. The van der Waals surface area contributed by atoms with Crippen LogP contribution in [0.15, 0.2) is 120 Å². The molecule has 0 radical (unpaired) electrons. The van der Waals surface area contributed by atoms with E-state index < -0.39 is 0 Å². The lowest BCUT2D eigenvalue weighted by Gasteiger charge is -2.13. The van der Waals surface area contributed by atoms with Crippen LogP contribution in [0.5, 0.6) is 0 Å². The van der Waals surface area contributed by atoms with Crippen LogP contribution in [-0.4, -0.2) is 9.97 Å². The maximum Gasteiger partial charge on any atom is 0.135 e. The molecular formula is C35H22N2O. The molecule has 0 saturated heterocycles. The van der Waals surface area contributed by atoms with Gasteiger partial charge < -0.3 is 4.42 Å². The van der Waals surface area contributed by atoms with E-state index in [9.17, 15) is 0 Å². The summed E-state index contributed by atoms with van der Waals surface area (Å²) in [7, 11) is 0. The third-order valence-electron chi connectivity index (χ3n) is 7.57. The largest absolute Gasteiger partial charge is 0.456 e. The lowest BCUT2D eigenvalue weighted by atomic mass is 9.97. The highest BCUT2D eigenvalue weighted by atomic mass is 16.3. The predicted octanol–water partition coefficient (Wildman–Crippen LogP) is 9.48. The SMILES string of the molecule is Cc1nc2c3ccccc3c3ccccc3c2nc1-c1cccc(-c2ccc3oc4ccccc4c3c2)c1.